The number of esters is 1. The van der Waals surface area contributed by atoms with Crippen molar-refractivity contribution >= 4 is 36.2 Å². The van der Waals surface area contributed by atoms with Crippen molar-refractivity contribution < 1.29 is 56.5 Å². The van der Waals surface area contributed by atoms with E-state index in [0.717, 1.165) is 17.7 Å². The first-order valence-electron chi connectivity index (χ1n) is 13.0. The van der Waals surface area contributed by atoms with Gasteiger partial charge in [0.1, 0.15) is 24.0 Å². The fraction of sp³-hybridized carbons (Fsp3) is 0.444. The highest BCUT2D eigenvalue weighted by atomic mass is 31.2. The summed E-state index contributed by atoms with van der Waals surface area (Å²) in [6, 6.07) is 10.5. The fourth-order valence-corrected chi connectivity index (χ4v) is 5.95. The van der Waals surface area contributed by atoms with E-state index in [1.54, 1.807) is 32.0 Å². The van der Waals surface area contributed by atoms with Gasteiger partial charge in [0.2, 0.25) is 5.91 Å². The summed E-state index contributed by atoms with van der Waals surface area (Å²) in [6.45, 7) is 3.17. The van der Waals surface area contributed by atoms with E-state index in [4.69, 9.17) is 18.5 Å². The number of ketones is 1. The molecule has 42 heavy (non-hydrogen) atoms. The summed E-state index contributed by atoms with van der Waals surface area (Å²) in [5.74, 6) is -2.23. The molecule has 228 valence electrons. The predicted molar refractivity (Wildman–Crippen MR) is 143 cm³/mol. The zero-order chi connectivity index (χ0) is 30.8. The molecule has 1 saturated heterocycles. The first kappa shape index (κ1) is 31.7. The van der Waals surface area contributed by atoms with E-state index in [9.17, 15) is 37.9 Å². The van der Waals surface area contributed by atoms with Crippen LogP contribution in [0.25, 0.3) is 10.8 Å². The molecule has 0 bridgehead atoms. The van der Waals surface area contributed by atoms with Crippen LogP contribution in [0.4, 0.5) is 8.78 Å². The number of aliphatic hydroxyl groups is 2. The molecule has 0 saturated carbocycles. The average Bonchev–Trinajstić information content (AvgIpc) is 3.17. The van der Waals surface area contributed by atoms with E-state index in [2.05, 4.69) is 5.09 Å². The zero-order valence-corrected chi connectivity index (χ0v) is 23.8. The smallest absolute Gasteiger partial charge is 0.459 e. The summed E-state index contributed by atoms with van der Waals surface area (Å²) in [5.41, 5.74) is -2.99. The summed E-state index contributed by atoms with van der Waals surface area (Å²) in [5, 5.41) is 25.2. The van der Waals surface area contributed by atoms with Gasteiger partial charge in [0, 0.05) is 6.20 Å². The molecule has 2 heterocycles. The van der Waals surface area contributed by atoms with Gasteiger partial charge in [-0.05, 0) is 49.8 Å². The van der Waals surface area contributed by atoms with Crippen LogP contribution in [0.3, 0.4) is 0 Å². The van der Waals surface area contributed by atoms with Crippen LogP contribution in [0.1, 0.15) is 27.2 Å². The molecule has 12 nitrogen and oxygen atoms in total. The summed E-state index contributed by atoms with van der Waals surface area (Å²) in [6.07, 6.45) is -8.91. The van der Waals surface area contributed by atoms with Crippen molar-refractivity contribution in [3.05, 3.63) is 54.7 Å². The maximum Gasteiger partial charge on any atom is 0.459 e. The molecule has 15 heteroatoms. The monoisotopic (exact) mass is 612 g/mol. The molecule has 0 radical (unpaired) electrons. The van der Waals surface area contributed by atoms with Gasteiger partial charge in [0.15, 0.2) is 17.6 Å². The lowest BCUT2D eigenvalue weighted by Crippen LogP contribution is -2.53. The van der Waals surface area contributed by atoms with Crippen LogP contribution in [0, 0.1) is 0 Å². The number of benzene rings is 2. The molecule has 0 aromatic heterocycles. The van der Waals surface area contributed by atoms with Gasteiger partial charge < -0.3 is 24.2 Å². The Labute approximate surface area is 239 Å². The molecule has 0 spiro atoms. The highest BCUT2D eigenvalue weighted by Gasteiger charge is 2.62. The van der Waals surface area contributed by atoms with Gasteiger partial charge in [-0.1, -0.05) is 30.3 Å². The SMILES string of the molecule is CC(C)OC(=O)[C@H](C)NP(=O)(OC[C@@]1(C(F)F)O[C@@H](N2C=CC(=O)CC2=O)[C@H](O)[C@@H]1O)Oc1ccc2ccccc2c1. The van der Waals surface area contributed by atoms with E-state index >= 15 is 0 Å². The van der Waals surface area contributed by atoms with Gasteiger partial charge in [0.05, 0.1) is 19.1 Å². The average molecular weight is 613 g/mol. The minimum atomic E-state index is -4.72. The van der Waals surface area contributed by atoms with Crippen molar-refractivity contribution in [2.75, 3.05) is 6.61 Å². The van der Waals surface area contributed by atoms with Crippen molar-refractivity contribution in [3.8, 4) is 5.75 Å². The van der Waals surface area contributed by atoms with E-state index in [-0.39, 0.29) is 5.75 Å². The standard InChI is InChI=1S/C27H31F2N2O10P/c1-15(2)39-25(36)16(3)30-42(37,41-20-9-8-17-6-4-5-7-18(17)12-20)38-14-27(26(28)29)23(35)22(34)24(40-27)31-11-10-19(32)13-21(31)33/h4-12,15-16,22-24,26,34-35H,13-14H2,1-3H3,(H,30,37)/t16-,22+,23-,24+,27+,42?/m0/s1. The van der Waals surface area contributed by atoms with Gasteiger partial charge in [-0.3, -0.25) is 23.8 Å². The minimum absolute atomic E-state index is 0.000394. The van der Waals surface area contributed by atoms with Gasteiger partial charge in [-0.2, -0.15) is 5.09 Å². The molecule has 1 unspecified atom stereocenters. The number of rotatable bonds is 11. The summed E-state index contributed by atoms with van der Waals surface area (Å²) < 4.78 is 64.5. The second-order valence-corrected chi connectivity index (χ2v) is 11.9. The van der Waals surface area contributed by atoms with E-state index in [0.29, 0.717) is 10.3 Å². The van der Waals surface area contributed by atoms with Crippen LogP contribution >= 0.6 is 7.75 Å². The van der Waals surface area contributed by atoms with Crippen LogP contribution < -0.4 is 9.61 Å². The highest BCUT2D eigenvalue weighted by Crippen LogP contribution is 2.49. The van der Waals surface area contributed by atoms with Crippen molar-refractivity contribution in [2.24, 2.45) is 0 Å². The Balaban J connectivity index is 1.62. The number of carbonyl (C=O) groups is 3. The molecule has 3 N–H and O–H groups in total. The first-order chi connectivity index (χ1) is 19.7. The zero-order valence-electron chi connectivity index (χ0n) is 22.9. The van der Waals surface area contributed by atoms with Gasteiger partial charge in [0.25, 0.3) is 6.43 Å². The number of alkyl halides is 2. The maximum atomic E-state index is 14.6. The lowest BCUT2D eigenvalue weighted by molar-refractivity contribution is -0.200. The number of amides is 1. The number of fused-ring (bicyclic) bond motifs is 1. The number of nitrogens with one attached hydrogen (secondary N) is 1. The molecule has 0 aliphatic carbocycles. The fourth-order valence-electron chi connectivity index (χ4n) is 4.43. The Bertz CT molecular complexity index is 1420. The largest absolute Gasteiger partial charge is 0.462 e. The predicted octanol–water partition coefficient (Wildman–Crippen LogP) is 2.67. The third-order valence-corrected chi connectivity index (χ3v) is 8.22. The summed E-state index contributed by atoms with van der Waals surface area (Å²) in [7, 11) is -4.72. The minimum Gasteiger partial charge on any atom is -0.462 e. The van der Waals surface area contributed by atoms with Gasteiger partial charge >= 0.3 is 13.7 Å². The Hall–Kier alpha value is -3.26. The molecule has 2 aromatic carbocycles. The molecule has 4 rings (SSSR count). The van der Waals surface area contributed by atoms with Crippen LogP contribution in [-0.2, 0) is 32.9 Å². The normalized spacial score (nSPS) is 26.6. The van der Waals surface area contributed by atoms with E-state index in [1.165, 1.54) is 19.1 Å². The van der Waals surface area contributed by atoms with Crippen molar-refractivity contribution in [3.63, 3.8) is 0 Å². The Kier molecular flexibility index (Phi) is 9.46. The number of halogens is 2. The van der Waals surface area contributed by atoms with Gasteiger partial charge in [-0.25, -0.2) is 13.3 Å². The lowest BCUT2D eigenvalue weighted by Gasteiger charge is -2.33. The Morgan fingerprint density at radius 2 is 1.86 bits per heavy atom. The number of ether oxygens (including phenoxy) is 2. The number of nitrogens with zero attached hydrogens (tertiary/aromatic N) is 1. The molecular formula is C27H31F2N2O10P. The maximum absolute atomic E-state index is 14.6. The number of carbonyl (C=O) groups excluding carboxylic acids is 3. The highest BCUT2D eigenvalue weighted by molar-refractivity contribution is 7.52. The molecule has 2 aromatic rings. The number of allylic oxidation sites excluding steroid dienone is 1. The van der Waals surface area contributed by atoms with Crippen LogP contribution in [0.2, 0.25) is 0 Å². The summed E-state index contributed by atoms with van der Waals surface area (Å²) >= 11 is 0. The number of hydrogen-bond donors (Lipinski definition) is 3. The van der Waals surface area contributed by atoms with E-state index in [1.807, 2.05) is 12.1 Å². The van der Waals surface area contributed by atoms with Crippen LogP contribution in [0.5, 0.6) is 5.75 Å². The topological polar surface area (TPSA) is 161 Å². The Morgan fingerprint density at radius 1 is 1.17 bits per heavy atom. The second kappa shape index (κ2) is 12.5. The van der Waals surface area contributed by atoms with Crippen LogP contribution in [0.15, 0.2) is 54.7 Å². The molecule has 2 aliphatic heterocycles. The lowest BCUT2D eigenvalue weighted by atomic mass is 9.96. The second-order valence-electron chi connectivity index (χ2n) is 10.2. The molecule has 1 amide bonds. The van der Waals surface area contributed by atoms with Gasteiger partial charge in [-0.15, -0.1) is 0 Å². The number of hydrogen-bond acceptors (Lipinski definition) is 10. The molecule has 6 atom stereocenters. The molecule has 1 fully saturated rings. The Morgan fingerprint density at radius 3 is 2.50 bits per heavy atom. The first-order valence-corrected chi connectivity index (χ1v) is 14.5. The van der Waals surface area contributed by atoms with Crippen molar-refractivity contribution in [1.82, 2.24) is 9.99 Å². The third kappa shape index (κ3) is 6.69. The quantitative estimate of drug-likeness (QED) is 0.194. The molecule has 2 aliphatic rings. The van der Waals surface area contributed by atoms with E-state index < -0.39 is 81.0 Å². The van der Waals surface area contributed by atoms with Crippen molar-refractivity contribution in [1.29, 1.82) is 0 Å². The third-order valence-electron chi connectivity index (χ3n) is 6.60. The number of aliphatic hydroxyl groups excluding tert-OH is 2. The summed E-state index contributed by atoms with van der Waals surface area (Å²) in [4.78, 5) is 37.0. The molecular weight excluding hydrogens is 581 g/mol. The van der Waals surface area contributed by atoms with Crippen molar-refractivity contribution in [2.45, 2.75) is 69.8 Å². The van der Waals surface area contributed by atoms with Crippen LogP contribution in [-0.4, -0.2) is 82.0 Å².